The van der Waals surface area contributed by atoms with Gasteiger partial charge < -0.3 is 5.32 Å². The fraction of sp³-hybridized carbons (Fsp3) is 0.211. The highest BCUT2D eigenvalue weighted by Gasteiger charge is 2.20. The second kappa shape index (κ2) is 6.56. The Labute approximate surface area is 129 Å². The number of hydrogen-bond acceptors (Lipinski definition) is 1. The number of rotatable bonds is 3. The summed E-state index contributed by atoms with van der Waals surface area (Å²) in [5.41, 5.74) is 3.35. The van der Waals surface area contributed by atoms with Gasteiger partial charge in [-0.25, -0.2) is 4.39 Å². The molecule has 0 unspecified atom stereocenters. The molecule has 2 aromatic carbocycles. The Balaban J connectivity index is 1.66. The molecular formula is C19H18FNO. The van der Waals surface area contributed by atoms with Crippen molar-refractivity contribution in [3.63, 3.8) is 0 Å². The summed E-state index contributed by atoms with van der Waals surface area (Å²) in [5.74, 6) is -0.397. The van der Waals surface area contributed by atoms with E-state index in [1.165, 1.54) is 29.3 Å². The molecule has 0 fully saturated rings. The Kier molecular flexibility index (Phi) is 4.33. The lowest BCUT2D eigenvalue weighted by Crippen LogP contribution is -2.29. The topological polar surface area (TPSA) is 29.1 Å². The van der Waals surface area contributed by atoms with Gasteiger partial charge in [-0.15, -0.1) is 0 Å². The largest absolute Gasteiger partial charge is 0.346 e. The molecule has 2 aromatic rings. The fourth-order valence-corrected chi connectivity index (χ4v) is 2.87. The van der Waals surface area contributed by atoms with Crippen LogP contribution >= 0.6 is 0 Å². The molecule has 0 heterocycles. The minimum Gasteiger partial charge on any atom is -0.346 e. The Morgan fingerprint density at radius 2 is 1.91 bits per heavy atom. The van der Waals surface area contributed by atoms with Gasteiger partial charge in [-0.1, -0.05) is 36.4 Å². The first-order valence-electron chi connectivity index (χ1n) is 7.54. The van der Waals surface area contributed by atoms with Gasteiger partial charge in [0.15, 0.2) is 0 Å². The molecule has 2 nitrogen and oxygen atoms in total. The van der Waals surface area contributed by atoms with Crippen LogP contribution < -0.4 is 5.32 Å². The van der Waals surface area contributed by atoms with E-state index < -0.39 is 0 Å². The molecule has 1 atom stereocenters. The molecule has 1 aliphatic carbocycles. The summed E-state index contributed by atoms with van der Waals surface area (Å²) in [4.78, 5) is 12.1. The Hall–Kier alpha value is -2.42. The molecular weight excluding hydrogens is 277 g/mol. The highest BCUT2D eigenvalue weighted by atomic mass is 19.1. The lowest BCUT2D eigenvalue weighted by atomic mass is 9.88. The molecule has 1 N–H and O–H groups in total. The molecule has 0 saturated carbocycles. The van der Waals surface area contributed by atoms with Crippen LogP contribution in [0.15, 0.2) is 54.6 Å². The van der Waals surface area contributed by atoms with Crippen LogP contribution in [0.4, 0.5) is 4.39 Å². The Bertz CT molecular complexity index is 691. The van der Waals surface area contributed by atoms with Gasteiger partial charge in [0.1, 0.15) is 5.82 Å². The predicted molar refractivity (Wildman–Crippen MR) is 85.7 cm³/mol. The number of carbonyl (C=O) groups is 1. The smallest absolute Gasteiger partial charge is 0.244 e. The van der Waals surface area contributed by atoms with Crippen LogP contribution in [-0.4, -0.2) is 5.91 Å². The summed E-state index contributed by atoms with van der Waals surface area (Å²) in [6, 6.07) is 14.4. The van der Waals surface area contributed by atoms with Crippen LogP contribution in [-0.2, 0) is 11.2 Å². The second-order valence-electron chi connectivity index (χ2n) is 5.54. The highest BCUT2D eigenvalue weighted by Crippen LogP contribution is 2.29. The van der Waals surface area contributed by atoms with Gasteiger partial charge >= 0.3 is 0 Å². The van der Waals surface area contributed by atoms with Crippen LogP contribution in [0.1, 0.15) is 35.6 Å². The second-order valence-corrected chi connectivity index (χ2v) is 5.54. The van der Waals surface area contributed by atoms with Crippen molar-refractivity contribution in [3.05, 3.63) is 77.1 Å². The number of carbonyl (C=O) groups excluding carboxylic acids is 1. The molecule has 0 bridgehead atoms. The van der Waals surface area contributed by atoms with Gasteiger partial charge in [-0.3, -0.25) is 4.79 Å². The van der Waals surface area contributed by atoms with Crippen molar-refractivity contribution in [2.75, 3.05) is 0 Å². The first-order valence-corrected chi connectivity index (χ1v) is 7.54. The van der Waals surface area contributed by atoms with Gasteiger partial charge in [0.25, 0.3) is 0 Å². The zero-order valence-electron chi connectivity index (χ0n) is 12.3. The molecule has 0 aromatic heterocycles. The molecule has 0 spiro atoms. The van der Waals surface area contributed by atoms with Crippen LogP contribution in [0, 0.1) is 5.82 Å². The number of fused-ring (bicyclic) bond motifs is 1. The monoisotopic (exact) mass is 295 g/mol. The molecule has 1 amide bonds. The number of amides is 1. The average molecular weight is 295 g/mol. The number of benzene rings is 2. The fourth-order valence-electron chi connectivity index (χ4n) is 2.87. The maximum absolute atomic E-state index is 12.8. The molecule has 3 rings (SSSR count). The minimum absolute atomic E-state index is 0.0790. The summed E-state index contributed by atoms with van der Waals surface area (Å²) in [6.07, 6.45) is 6.33. The minimum atomic E-state index is -0.277. The highest BCUT2D eigenvalue weighted by molar-refractivity contribution is 5.92. The SMILES string of the molecule is O=C(/C=C/c1ccc(F)cc1)N[C@H]1CCCc2ccccc21. The van der Waals surface area contributed by atoms with E-state index in [0.29, 0.717) is 0 Å². The Morgan fingerprint density at radius 1 is 1.14 bits per heavy atom. The number of halogens is 1. The molecule has 0 saturated heterocycles. The van der Waals surface area contributed by atoms with Crippen LogP contribution in [0.3, 0.4) is 0 Å². The van der Waals surface area contributed by atoms with Crippen molar-refractivity contribution >= 4 is 12.0 Å². The predicted octanol–water partition coefficient (Wildman–Crippen LogP) is 4.03. The summed E-state index contributed by atoms with van der Waals surface area (Å²) < 4.78 is 12.8. The van der Waals surface area contributed by atoms with Crippen molar-refractivity contribution in [2.24, 2.45) is 0 Å². The zero-order chi connectivity index (χ0) is 15.4. The molecule has 1 aliphatic rings. The maximum Gasteiger partial charge on any atom is 0.244 e. The average Bonchev–Trinajstić information content (AvgIpc) is 2.55. The van der Waals surface area contributed by atoms with Crippen LogP contribution in [0.5, 0.6) is 0 Å². The standard InChI is InChI=1S/C19H18FNO/c20-16-11-8-14(9-12-16)10-13-19(22)21-18-7-3-5-15-4-1-2-6-17(15)18/h1-2,4,6,8-13,18H,3,5,7H2,(H,21,22)/b13-10+/t18-/m0/s1. The van der Waals surface area contributed by atoms with E-state index in [-0.39, 0.29) is 17.8 Å². The van der Waals surface area contributed by atoms with E-state index in [0.717, 1.165) is 24.8 Å². The maximum atomic E-state index is 12.8. The summed E-state index contributed by atoms with van der Waals surface area (Å²) in [7, 11) is 0. The molecule has 0 aliphatic heterocycles. The van der Waals surface area contributed by atoms with Crippen molar-refractivity contribution in [1.29, 1.82) is 0 Å². The third kappa shape index (κ3) is 3.42. The zero-order valence-corrected chi connectivity index (χ0v) is 12.3. The van der Waals surface area contributed by atoms with Gasteiger partial charge in [0.05, 0.1) is 6.04 Å². The number of aryl methyl sites for hydroxylation is 1. The van der Waals surface area contributed by atoms with Crippen molar-refractivity contribution in [2.45, 2.75) is 25.3 Å². The third-order valence-corrected chi connectivity index (χ3v) is 3.98. The summed E-state index contributed by atoms with van der Waals surface area (Å²) in [5, 5.41) is 3.06. The van der Waals surface area contributed by atoms with Crippen molar-refractivity contribution in [1.82, 2.24) is 5.32 Å². The first-order chi connectivity index (χ1) is 10.7. The van der Waals surface area contributed by atoms with E-state index in [9.17, 15) is 9.18 Å². The van der Waals surface area contributed by atoms with Gasteiger partial charge in [0.2, 0.25) is 5.91 Å². The lowest BCUT2D eigenvalue weighted by Gasteiger charge is -2.25. The van der Waals surface area contributed by atoms with Gasteiger partial charge in [0, 0.05) is 6.08 Å². The van der Waals surface area contributed by atoms with Gasteiger partial charge in [-0.05, 0) is 54.2 Å². The third-order valence-electron chi connectivity index (χ3n) is 3.98. The van der Waals surface area contributed by atoms with E-state index >= 15 is 0 Å². The van der Waals surface area contributed by atoms with Crippen LogP contribution in [0.25, 0.3) is 6.08 Å². The summed E-state index contributed by atoms with van der Waals surface area (Å²) in [6.45, 7) is 0. The number of nitrogens with one attached hydrogen (secondary N) is 1. The molecule has 3 heteroatoms. The van der Waals surface area contributed by atoms with Crippen molar-refractivity contribution in [3.8, 4) is 0 Å². The van der Waals surface area contributed by atoms with E-state index in [1.54, 1.807) is 18.2 Å². The molecule has 22 heavy (non-hydrogen) atoms. The molecule has 112 valence electrons. The van der Waals surface area contributed by atoms with E-state index in [2.05, 4.69) is 17.4 Å². The van der Waals surface area contributed by atoms with Crippen LogP contribution in [0.2, 0.25) is 0 Å². The number of hydrogen-bond donors (Lipinski definition) is 1. The first kappa shape index (κ1) is 14.5. The summed E-state index contributed by atoms with van der Waals surface area (Å²) >= 11 is 0. The molecule has 0 radical (unpaired) electrons. The quantitative estimate of drug-likeness (QED) is 0.851. The van der Waals surface area contributed by atoms with Gasteiger partial charge in [-0.2, -0.15) is 0 Å². The van der Waals surface area contributed by atoms with E-state index in [4.69, 9.17) is 0 Å². The van der Waals surface area contributed by atoms with E-state index in [1.807, 2.05) is 12.1 Å². The Morgan fingerprint density at radius 3 is 2.73 bits per heavy atom. The lowest BCUT2D eigenvalue weighted by molar-refractivity contribution is -0.117. The normalized spacial score (nSPS) is 17.2. The van der Waals surface area contributed by atoms with Crippen molar-refractivity contribution < 1.29 is 9.18 Å².